The Balaban J connectivity index is 4.05. The highest BCUT2D eigenvalue weighted by atomic mass is 32.1. The van der Waals surface area contributed by atoms with Gasteiger partial charge in [-0.1, -0.05) is 38.9 Å². The third-order valence-corrected chi connectivity index (χ3v) is 2.82. The maximum absolute atomic E-state index is 5.33. The van der Waals surface area contributed by atoms with Gasteiger partial charge in [0.15, 0.2) is 0 Å². The van der Waals surface area contributed by atoms with Crippen molar-refractivity contribution in [3.63, 3.8) is 0 Å². The largest absolute Gasteiger partial charge is 0.389 e. The van der Waals surface area contributed by atoms with Crippen molar-refractivity contribution in [2.75, 3.05) is 13.1 Å². The van der Waals surface area contributed by atoms with Gasteiger partial charge in [0.1, 0.15) is 0 Å². The highest BCUT2D eigenvalue weighted by molar-refractivity contribution is 7.81. The number of allylic oxidation sites excluding steroid dienone is 4. The highest BCUT2D eigenvalue weighted by Gasteiger charge is 1.93. The van der Waals surface area contributed by atoms with Crippen LogP contribution in [0.3, 0.4) is 0 Å². The zero-order chi connectivity index (χ0) is 13.8. The van der Waals surface area contributed by atoms with E-state index in [9.17, 15) is 0 Å². The molecule has 0 saturated heterocycles. The highest BCUT2D eigenvalue weighted by Crippen LogP contribution is 1.97. The molecule has 0 radical (unpaired) electrons. The Hall–Kier alpha value is -0.830. The van der Waals surface area contributed by atoms with Crippen LogP contribution in [-0.4, -0.2) is 18.0 Å². The van der Waals surface area contributed by atoms with Crippen LogP contribution in [-0.2, 0) is 0 Å². The molecule has 0 aliphatic rings. The fourth-order valence-electron chi connectivity index (χ4n) is 1.50. The predicted molar refractivity (Wildman–Crippen MR) is 85.9 cm³/mol. The average Bonchev–Trinajstić information content (AvgIpc) is 2.29. The minimum absolute atomic E-state index is 0.873. The van der Waals surface area contributed by atoms with Crippen molar-refractivity contribution in [2.45, 2.75) is 53.4 Å². The third kappa shape index (κ3) is 10.3. The molecule has 0 unspecified atom stereocenters. The van der Waals surface area contributed by atoms with Crippen molar-refractivity contribution in [1.82, 2.24) is 10.6 Å². The molecule has 0 aliphatic carbocycles. The van der Waals surface area contributed by atoms with Crippen molar-refractivity contribution < 1.29 is 0 Å². The molecule has 0 spiro atoms. The smallest absolute Gasteiger partial charge is 0.0411 e. The van der Waals surface area contributed by atoms with Gasteiger partial charge in [0.25, 0.3) is 0 Å². The zero-order valence-corrected chi connectivity index (χ0v) is 13.1. The summed E-state index contributed by atoms with van der Waals surface area (Å²) in [7, 11) is 0. The van der Waals surface area contributed by atoms with E-state index in [0.29, 0.717) is 0 Å². The lowest BCUT2D eigenvalue weighted by Gasteiger charge is -2.07. The summed E-state index contributed by atoms with van der Waals surface area (Å²) >= 11 is 5.33. The van der Waals surface area contributed by atoms with Crippen LogP contribution in [0.1, 0.15) is 53.4 Å². The minimum Gasteiger partial charge on any atom is -0.389 e. The molecule has 0 heterocycles. The summed E-state index contributed by atoms with van der Waals surface area (Å²) in [6.45, 7) is 10.6. The second-order valence-corrected chi connectivity index (χ2v) is 5.09. The van der Waals surface area contributed by atoms with Gasteiger partial charge in [-0.05, 0) is 38.8 Å². The molecule has 0 saturated carbocycles. The van der Waals surface area contributed by atoms with Crippen LogP contribution < -0.4 is 10.6 Å². The van der Waals surface area contributed by atoms with E-state index in [4.69, 9.17) is 12.2 Å². The van der Waals surface area contributed by atoms with Crippen molar-refractivity contribution in [1.29, 1.82) is 0 Å². The molecule has 0 aromatic heterocycles. The van der Waals surface area contributed by atoms with E-state index in [1.165, 1.54) is 25.7 Å². The van der Waals surface area contributed by atoms with Crippen molar-refractivity contribution in [2.24, 2.45) is 0 Å². The molecule has 0 fully saturated rings. The molecule has 18 heavy (non-hydrogen) atoms. The summed E-state index contributed by atoms with van der Waals surface area (Å²) < 4.78 is 0. The Morgan fingerprint density at radius 2 is 1.28 bits per heavy atom. The Morgan fingerprint density at radius 3 is 1.61 bits per heavy atom. The number of nitrogens with one attached hydrogen (secondary N) is 2. The Morgan fingerprint density at radius 1 is 0.889 bits per heavy atom. The minimum atomic E-state index is 0.873. The molecular weight excluding hydrogens is 240 g/mol. The first-order valence-corrected chi connectivity index (χ1v) is 7.39. The van der Waals surface area contributed by atoms with Gasteiger partial charge in [0.2, 0.25) is 0 Å². The molecule has 0 atom stereocenters. The molecule has 0 aromatic rings. The van der Waals surface area contributed by atoms with Crippen molar-refractivity contribution in [3.8, 4) is 0 Å². The van der Waals surface area contributed by atoms with Gasteiger partial charge in [0, 0.05) is 29.3 Å². The number of hydrogen-bond acceptors (Lipinski definition) is 3. The molecule has 0 aliphatic heterocycles. The maximum atomic E-state index is 5.33. The normalized spacial score (nSPS) is 12.4. The molecule has 0 aromatic carbocycles. The van der Waals surface area contributed by atoms with Crippen LogP contribution in [0.25, 0.3) is 0 Å². The van der Waals surface area contributed by atoms with E-state index < -0.39 is 0 Å². The van der Waals surface area contributed by atoms with Crippen LogP contribution in [0.2, 0.25) is 0 Å². The first kappa shape index (κ1) is 17.2. The first-order chi connectivity index (χ1) is 8.60. The van der Waals surface area contributed by atoms with Crippen molar-refractivity contribution >= 4 is 17.1 Å². The molecule has 2 N–H and O–H groups in total. The zero-order valence-electron chi connectivity index (χ0n) is 12.3. The predicted octanol–water partition coefficient (Wildman–Crippen LogP) is 3.94. The molecule has 0 bridgehead atoms. The van der Waals surface area contributed by atoms with Gasteiger partial charge in [-0.15, -0.1) is 0 Å². The van der Waals surface area contributed by atoms with Gasteiger partial charge in [-0.25, -0.2) is 0 Å². The standard InChI is InChI=1S/C15H28N2S/c1-5-7-9-16-13(3)11-15(18)12-14(4)17-10-8-6-2/h11-12,16-17H,5-10H2,1-4H3/b13-11-,14-12-. The average molecular weight is 268 g/mol. The van der Waals surface area contributed by atoms with Crippen LogP contribution in [0.5, 0.6) is 0 Å². The van der Waals surface area contributed by atoms with Crippen LogP contribution in [0.4, 0.5) is 0 Å². The number of hydrogen-bond donors (Lipinski definition) is 2. The summed E-state index contributed by atoms with van der Waals surface area (Å²) in [4.78, 5) is 0.873. The number of rotatable bonds is 10. The summed E-state index contributed by atoms with van der Waals surface area (Å²) in [6.07, 6.45) is 8.87. The van der Waals surface area contributed by atoms with Gasteiger partial charge in [0.05, 0.1) is 0 Å². The SMILES string of the molecule is CCCCN/C(C)=C\C(=S)/C=C(/C)NCCCC. The summed E-state index contributed by atoms with van der Waals surface area (Å²) in [6, 6.07) is 0. The van der Waals surface area contributed by atoms with E-state index in [-0.39, 0.29) is 0 Å². The van der Waals surface area contributed by atoms with Gasteiger partial charge in [-0.3, -0.25) is 0 Å². The van der Waals surface area contributed by atoms with Crippen LogP contribution in [0.15, 0.2) is 23.5 Å². The Bertz CT molecular complexity index is 265. The van der Waals surface area contributed by atoms with E-state index in [0.717, 1.165) is 29.3 Å². The Kier molecular flexibility index (Phi) is 10.8. The van der Waals surface area contributed by atoms with E-state index in [1.807, 2.05) is 12.2 Å². The van der Waals surface area contributed by atoms with Crippen LogP contribution in [0, 0.1) is 0 Å². The quantitative estimate of drug-likeness (QED) is 0.356. The summed E-state index contributed by atoms with van der Waals surface area (Å²) in [5.74, 6) is 0. The monoisotopic (exact) mass is 268 g/mol. The topological polar surface area (TPSA) is 24.1 Å². The molecule has 0 rings (SSSR count). The molecule has 3 heteroatoms. The molecular formula is C15H28N2S. The maximum Gasteiger partial charge on any atom is 0.0411 e. The van der Waals surface area contributed by atoms with E-state index in [2.05, 4.69) is 38.3 Å². The summed E-state index contributed by atoms with van der Waals surface area (Å²) in [5.41, 5.74) is 2.29. The van der Waals surface area contributed by atoms with E-state index in [1.54, 1.807) is 0 Å². The molecule has 104 valence electrons. The van der Waals surface area contributed by atoms with Crippen molar-refractivity contribution in [3.05, 3.63) is 23.5 Å². The number of unbranched alkanes of at least 4 members (excludes halogenated alkanes) is 2. The van der Waals surface area contributed by atoms with Gasteiger partial charge in [-0.2, -0.15) is 0 Å². The second-order valence-electron chi connectivity index (χ2n) is 4.62. The second kappa shape index (κ2) is 11.3. The van der Waals surface area contributed by atoms with Crippen LogP contribution >= 0.6 is 12.2 Å². The first-order valence-electron chi connectivity index (χ1n) is 6.98. The fraction of sp³-hybridized carbons (Fsp3) is 0.667. The third-order valence-electron chi connectivity index (χ3n) is 2.59. The summed E-state index contributed by atoms with van der Waals surface area (Å²) in [5, 5.41) is 6.73. The van der Waals surface area contributed by atoms with Gasteiger partial charge >= 0.3 is 0 Å². The lowest BCUT2D eigenvalue weighted by molar-refractivity contribution is 0.710. The fourth-order valence-corrected chi connectivity index (χ4v) is 1.85. The lowest BCUT2D eigenvalue weighted by atomic mass is 10.2. The number of thiocarbonyl (C=S) groups is 1. The molecule has 2 nitrogen and oxygen atoms in total. The molecule has 0 amide bonds. The Labute approximate surface area is 118 Å². The van der Waals surface area contributed by atoms with E-state index >= 15 is 0 Å². The lowest BCUT2D eigenvalue weighted by Crippen LogP contribution is -2.14. The van der Waals surface area contributed by atoms with Gasteiger partial charge < -0.3 is 10.6 Å².